The highest BCUT2D eigenvalue weighted by Gasteiger charge is 2.00. The van der Waals surface area contributed by atoms with Crippen LogP contribution in [0.4, 0.5) is 0 Å². The molecule has 3 nitrogen and oxygen atoms in total. The first-order valence-corrected chi connectivity index (χ1v) is 6.16. The first-order valence-electron chi connectivity index (χ1n) is 5.53. The Morgan fingerprint density at radius 1 is 1.44 bits per heavy atom. The number of benzene rings is 1. The molecule has 0 saturated carbocycles. The quantitative estimate of drug-likeness (QED) is 0.613. The summed E-state index contributed by atoms with van der Waals surface area (Å²) in [5.41, 5.74) is 3.53. The Kier molecular flexibility index (Phi) is 3.85. The van der Waals surface area contributed by atoms with Crippen molar-refractivity contribution >= 4 is 23.7 Å². The fourth-order valence-electron chi connectivity index (χ4n) is 1.73. The predicted octanol–water partition coefficient (Wildman–Crippen LogP) is 1.98. The molecule has 0 unspecified atom stereocenters. The summed E-state index contributed by atoms with van der Waals surface area (Å²) < 4.78 is 2.04. The van der Waals surface area contributed by atoms with Gasteiger partial charge in [0, 0.05) is 13.6 Å². The Balaban J connectivity index is 2.02. The molecule has 1 heterocycles. The van der Waals surface area contributed by atoms with E-state index in [0.29, 0.717) is 0 Å². The van der Waals surface area contributed by atoms with Crippen LogP contribution in [0.1, 0.15) is 12.0 Å². The third-order valence-electron chi connectivity index (χ3n) is 2.63. The highest BCUT2D eigenvalue weighted by atomic mass is 32.1. The van der Waals surface area contributed by atoms with Crippen LogP contribution in [0, 0.1) is 0 Å². The third kappa shape index (κ3) is 2.57. The van der Waals surface area contributed by atoms with E-state index >= 15 is 0 Å². The highest BCUT2D eigenvalue weighted by Crippen LogP contribution is 2.13. The number of aryl methyl sites for hydroxylation is 1. The third-order valence-corrected chi connectivity index (χ3v) is 2.95. The monoisotopic (exact) mass is 235 g/mol. The minimum atomic E-state index is 0.903. The van der Waals surface area contributed by atoms with Gasteiger partial charge in [-0.1, -0.05) is 6.07 Å². The Labute approximate surface area is 101 Å². The second-order valence-corrected chi connectivity index (χ2v) is 4.38. The van der Waals surface area contributed by atoms with E-state index < -0.39 is 0 Å². The summed E-state index contributed by atoms with van der Waals surface area (Å²) in [6.07, 6.45) is 2.96. The van der Waals surface area contributed by atoms with Crippen molar-refractivity contribution in [3.63, 3.8) is 0 Å². The number of imidazole rings is 1. The zero-order valence-corrected chi connectivity index (χ0v) is 10.4. The van der Waals surface area contributed by atoms with Gasteiger partial charge >= 0.3 is 0 Å². The number of thiol groups is 1. The second kappa shape index (κ2) is 5.37. The maximum Gasteiger partial charge on any atom is 0.0955 e. The van der Waals surface area contributed by atoms with Gasteiger partial charge in [0.15, 0.2) is 0 Å². The predicted molar refractivity (Wildman–Crippen MR) is 70.9 cm³/mol. The molecule has 0 spiro atoms. The second-order valence-electron chi connectivity index (χ2n) is 3.93. The van der Waals surface area contributed by atoms with Crippen LogP contribution in [0.5, 0.6) is 0 Å². The van der Waals surface area contributed by atoms with Gasteiger partial charge in [-0.25, -0.2) is 4.98 Å². The van der Waals surface area contributed by atoms with Gasteiger partial charge in [0.2, 0.25) is 0 Å². The first-order chi connectivity index (χ1) is 7.81. The Hall–Kier alpha value is -1.00. The molecule has 4 heteroatoms. The molecule has 0 atom stereocenters. The molecule has 0 amide bonds. The van der Waals surface area contributed by atoms with Gasteiger partial charge in [-0.05, 0) is 36.4 Å². The first kappa shape index (κ1) is 11.5. The zero-order chi connectivity index (χ0) is 11.4. The van der Waals surface area contributed by atoms with E-state index in [1.54, 1.807) is 0 Å². The SMILES string of the molecule is Cn1cnc2cc(CNCCCS)ccc21. The van der Waals surface area contributed by atoms with Crippen LogP contribution in [0.15, 0.2) is 24.5 Å². The van der Waals surface area contributed by atoms with Crippen molar-refractivity contribution in [2.75, 3.05) is 12.3 Å². The molecular formula is C12H17N3S. The number of rotatable bonds is 5. The van der Waals surface area contributed by atoms with Crippen LogP contribution in [-0.2, 0) is 13.6 Å². The Morgan fingerprint density at radius 2 is 2.31 bits per heavy atom. The average Bonchev–Trinajstić information content (AvgIpc) is 2.66. The number of fused-ring (bicyclic) bond motifs is 1. The summed E-state index contributed by atoms with van der Waals surface area (Å²) in [4.78, 5) is 4.35. The number of hydrogen-bond donors (Lipinski definition) is 2. The highest BCUT2D eigenvalue weighted by molar-refractivity contribution is 7.80. The Morgan fingerprint density at radius 3 is 3.12 bits per heavy atom. The van der Waals surface area contributed by atoms with Crippen molar-refractivity contribution < 1.29 is 0 Å². The molecule has 0 aliphatic carbocycles. The summed E-state index contributed by atoms with van der Waals surface area (Å²) in [6, 6.07) is 6.42. The fourth-order valence-corrected chi connectivity index (χ4v) is 1.89. The number of nitrogens with one attached hydrogen (secondary N) is 1. The normalized spacial score (nSPS) is 11.1. The molecule has 0 radical (unpaired) electrons. The van der Waals surface area contributed by atoms with Gasteiger partial charge in [0.05, 0.1) is 17.4 Å². The van der Waals surface area contributed by atoms with Gasteiger partial charge in [-0.2, -0.15) is 12.6 Å². The number of hydrogen-bond acceptors (Lipinski definition) is 3. The van der Waals surface area contributed by atoms with E-state index in [4.69, 9.17) is 0 Å². The molecule has 2 aromatic rings. The van der Waals surface area contributed by atoms with Gasteiger partial charge in [0.25, 0.3) is 0 Å². The summed E-state index contributed by atoms with van der Waals surface area (Å²) in [5, 5.41) is 3.39. The van der Waals surface area contributed by atoms with Gasteiger partial charge in [-0.3, -0.25) is 0 Å². The summed E-state index contributed by atoms with van der Waals surface area (Å²) in [6.45, 7) is 1.92. The lowest BCUT2D eigenvalue weighted by molar-refractivity contribution is 0.680. The molecule has 1 aromatic carbocycles. The lowest BCUT2D eigenvalue weighted by Crippen LogP contribution is -2.14. The van der Waals surface area contributed by atoms with E-state index in [1.807, 2.05) is 17.9 Å². The van der Waals surface area contributed by atoms with Crippen molar-refractivity contribution in [2.24, 2.45) is 7.05 Å². The molecule has 0 aliphatic heterocycles. The standard InChI is InChI=1S/C12H17N3S/c1-15-9-14-11-7-10(3-4-12(11)15)8-13-5-2-6-16/h3-4,7,9,13,16H,2,5-6,8H2,1H3. The largest absolute Gasteiger partial charge is 0.334 e. The van der Waals surface area contributed by atoms with Crippen LogP contribution < -0.4 is 5.32 Å². The molecule has 1 N–H and O–H groups in total. The number of aromatic nitrogens is 2. The van der Waals surface area contributed by atoms with Gasteiger partial charge in [0.1, 0.15) is 0 Å². The zero-order valence-electron chi connectivity index (χ0n) is 9.48. The smallest absolute Gasteiger partial charge is 0.0955 e. The van der Waals surface area contributed by atoms with E-state index in [9.17, 15) is 0 Å². The summed E-state index contributed by atoms with van der Waals surface area (Å²) in [7, 11) is 2.01. The molecule has 0 saturated heterocycles. The van der Waals surface area contributed by atoms with Gasteiger partial charge in [-0.15, -0.1) is 0 Å². The topological polar surface area (TPSA) is 29.9 Å². The summed E-state index contributed by atoms with van der Waals surface area (Å²) in [5.74, 6) is 0.937. The average molecular weight is 235 g/mol. The van der Waals surface area contributed by atoms with E-state index in [-0.39, 0.29) is 0 Å². The van der Waals surface area contributed by atoms with Crippen LogP contribution in [0.3, 0.4) is 0 Å². The van der Waals surface area contributed by atoms with Crippen molar-refractivity contribution in [2.45, 2.75) is 13.0 Å². The molecule has 0 bridgehead atoms. The van der Waals surface area contributed by atoms with E-state index in [2.05, 4.69) is 41.1 Å². The van der Waals surface area contributed by atoms with Crippen LogP contribution in [0.25, 0.3) is 11.0 Å². The minimum Gasteiger partial charge on any atom is -0.334 e. The fraction of sp³-hybridized carbons (Fsp3) is 0.417. The van der Waals surface area contributed by atoms with Crippen molar-refractivity contribution in [3.05, 3.63) is 30.1 Å². The summed E-state index contributed by atoms with van der Waals surface area (Å²) >= 11 is 4.18. The molecule has 0 aliphatic rings. The van der Waals surface area contributed by atoms with Crippen LogP contribution >= 0.6 is 12.6 Å². The van der Waals surface area contributed by atoms with Crippen molar-refractivity contribution in [3.8, 4) is 0 Å². The van der Waals surface area contributed by atoms with Crippen molar-refractivity contribution in [1.82, 2.24) is 14.9 Å². The molecular weight excluding hydrogens is 218 g/mol. The van der Waals surface area contributed by atoms with Gasteiger partial charge < -0.3 is 9.88 Å². The number of nitrogens with zero attached hydrogens (tertiary/aromatic N) is 2. The van der Waals surface area contributed by atoms with E-state index in [1.165, 1.54) is 11.1 Å². The maximum absolute atomic E-state index is 4.35. The van der Waals surface area contributed by atoms with Crippen LogP contribution in [-0.4, -0.2) is 21.8 Å². The lowest BCUT2D eigenvalue weighted by Gasteiger charge is -2.04. The Bertz CT molecular complexity index is 464. The molecule has 1 aromatic heterocycles. The molecule has 0 fully saturated rings. The van der Waals surface area contributed by atoms with E-state index in [0.717, 1.165) is 30.8 Å². The lowest BCUT2D eigenvalue weighted by atomic mass is 10.2. The van der Waals surface area contributed by atoms with Crippen LogP contribution in [0.2, 0.25) is 0 Å². The maximum atomic E-state index is 4.35. The molecule has 86 valence electrons. The minimum absolute atomic E-state index is 0.903. The molecule has 16 heavy (non-hydrogen) atoms. The van der Waals surface area contributed by atoms with Crippen molar-refractivity contribution in [1.29, 1.82) is 0 Å². The molecule has 2 rings (SSSR count).